The van der Waals surface area contributed by atoms with Gasteiger partial charge < -0.3 is 15.8 Å². The molecule has 0 radical (unpaired) electrons. The highest BCUT2D eigenvalue weighted by Crippen LogP contribution is 2.28. The molecule has 0 spiro atoms. The zero-order valence-electron chi connectivity index (χ0n) is 19.6. The molecule has 2 heterocycles. The second kappa shape index (κ2) is 11.1. The second-order valence-electron chi connectivity index (χ2n) is 8.16. The van der Waals surface area contributed by atoms with Crippen LogP contribution in [0.2, 0.25) is 0 Å². The van der Waals surface area contributed by atoms with Crippen LogP contribution in [0.1, 0.15) is 31.8 Å². The van der Waals surface area contributed by atoms with E-state index in [0.717, 1.165) is 18.2 Å². The second-order valence-corrected chi connectivity index (χ2v) is 8.16. The highest BCUT2D eigenvalue weighted by atomic mass is 19.4. The van der Waals surface area contributed by atoms with Crippen molar-refractivity contribution >= 4 is 17.5 Å². The molecule has 0 saturated heterocycles. The smallest absolute Gasteiger partial charge is 0.405 e. The van der Waals surface area contributed by atoms with Gasteiger partial charge in [0.2, 0.25) is 0 Å². The minimum Gasteiger partial charge on any atom is -0.405 e. The van der Waals surface area contributed by atoms with Gasteiger partial charge in [0.15, 0.2) is 5.78 Å². The van der Waals surface area contributed by atoms with E-state index in [1.54, 1.807) is 36.4 Å². The zero-order valence-corrected chi connectivity index (χ0v) is 19.6. The van der Waals surface area contributed by atoms with E-state index in [1.807, 2.05) is 0 Å². The van der Waals surface area contributed by atoms with Gasteiger partial charge in [-0.05, 0) is 53.6 Å². The highest BCUT2D eigenvalue weighted by Gasteiger charge is 2.33. The number of hydrogen-bond acceptors (Lipinski definition) is 6. The fourth-order valence-corrected chi connectivity index (χ4v) is 3.56. The minimum absolute atomic E-state index is 0.00277. The molecule has 7 nitrogen and oxygen atoms in total. The number of carbonyl (C=O) groups excluding carboxylic acids is 2. The maximum Gasteiger partial charge on any atom is 0.573 e. The monoisotopic (exact) mass is 524 g/mol. The predicted molar refractivity (Wildman–Crippen MR) is 131 cm³/mol. The molecule has 0 fully saturated rings. The summed E-state index contributed by atoms with van der Waals surface area (Å²) in [7, 11) is 0. The van der Waals surface area contributed by atoms with Gasteiger partial charge in [-0.2, -0.15) is 0 Å². The van der Waals surface area contributed by atoms with Crippen molar-refractivity contribution in [2.75, 3.05) is 5.73 Å². The summed E-state index contributed by atoms with van der Waals surface area (Å²) in [4.78, 5) is 33.8. The van der Waals surface area contributed by atoms with Crippen molar-refractivity contribution in [3.8, 4) is 17.0 Å². The number of hydrogen-bond donors (Lipinski definition) is 2. The normalized spacial score (nSPS) is 11.2. The lowest BCUT2D eigenvalue weighted by atomic mass is 10.0. The zero-order chi connectivity index (χ0) is 27.3. The number of nitrogens with zero attached hydrogens (tertiary/aromatic N) is 2. The van der Waals surface area contributed by atoms with Gasteiger partial charge in [-0.3, -0.25) is 14.6 Å². The number of alkyl halides is 3. The van der Waals surface area contributed by atoms with E-state index in [0.29, 0.717) is 22.4 Å². The molecule has 4 rings (SSSR count). The van der Waals surface area contributed by atoms with Crippen LogP contribution in [0.25, 0.3) is 11.3 Å². The van der Waals surface area contributed by atoms with Crippen LogP contribution in [0.3, 0.4) is 0 Å². The first-order valence-corrected chi connectivity index (χ1v) is 11.2. The van der Waals surface area contributed by atoms with Gasteiger partial charge in [-0.1, -0.05) is 24.3 Å². The molecule has 4 aromatic rings. The van der Waals surface area contributed by atoms with Crippen molar-refractivity contribution in [3.05, 3.63) is 107 Å². The molecular formula is C27H20F4N4O3. The summed E-state index contributed by atoms with van der Waals surface area (Å²) >= 11 is 0. The molecule has 0 bridgehead atoms. The summed E-state index contributed by atoms with van der Waals surface area (Å²) in [6.45, 7) is -0.0459. The molecule has 0 aliphatic heterocycles. The fraction of sp³-hybridized carbons (Fsp3) is 0.111. The van der Waals surface area contributed by atoms with Gasteiger partial charge in [0.25, 0.3) is 5.91 Å². The summed E-state index contributed by atoms with van der Waals surface area (Å²) in [5, 5.41) is 2.48. The maximum atomic E-state index is 14.0. The summed E-state index contributed by atoms with van der Waals surface area (Å²) < 4.78 is 56.8. The van der Waals surface area contributed by atoms with Crippen LogP contribution in [-0.2, 0) is 13.0 Å². The van der Waals surface area contributed by atoms with Gasteiger partial charge in [0, 0.05) is 36.5 Å². The molecule has 2 aromatic heterocycles. The summed E-state index contributed by atoms with van der Waals surface area (Å²) in [6.07, 6.45) is -2.38. The molecular weight excluding hydrogens is 504 g/mol. The number of Topliss-reactive ketones (excluding diaryl/α,β-unsaturated/α-hetero) is 1. The molecule has 38 heavy (non-hydrogen) atoms. The Labute approximate surface area is 214 Å². The number of nitrogens with two attached hydrogens (primary N) is 1. The largest absolute Gasteiger partial charge is 0.573 e. The molecule has 0 unspecified atom stereocenters. The van der Waals surface area contributed by atoms with Gasteiger partial charge in [0.1, 0.15) is 17.4 Å². The van der Waals surface area contributed by atoms with Crippen LogP contribution in [-0.4, -0.2) is 28.0 Å². The van der Waals surface area contributed by atoms with Gasteiger partial charge in [-0.15, -0.1) is 13.2 Å². The molecule has 2 aromatic carbocycles. The topological polar surface area (TPSA) is 107 Å². The maximum absolute atomic E-state index is 14.0. The third kappa shape index (κ3) is 6.69. The summed E-state index contributed by atoms with van der Waals surface area (Å²) in [5.74, 6) is -2.28. The number of ether oxygens (including phenoxy) is 1. The van der Waals surface area contributed by atoms with Crippen molar-refractivity contribution in [2.24, 2.45) is 0 Å². The van der Waals surface area contributed by atoms with Crippen LogP contribution in [0.15, 0.2) is 79.1 Å². The first kappa shape index (κ1) is 26.3. The number of nitrogen functional groups attached to an aromatic ring is 1. The Morgan fingerprint density at radius 1 is 0.921 bits per heavy atom. The van der Waals surface area contributed by atoms with E-state index in [9.17, 15) is 27.2 Å². The lowest BCUT2D eigenvalue weighted by Crippen LogP contribution is -2.26. The molecule has 3 N–H and O–H groups in total. The van der Waals surface area contributed by atoms with Gasteiger partial charge in [-0.25, -0.2) is 9.37 Å². The number of benzene rings is 2. The van der Waals surface area contributed by atoms with Crippen molar-refractivity contribution in [2.45, 2.75) is 19.3 Å². The fourth-order valence-electron chi connectivity index (χ4n) is 3.56. The first-order chi connectivity index (χ1) is 18.1. The number of halogens is 4. The Morgan fingerprint density at radius 2 is 1.66 bits per heavy atom. The van der Waals surface area contributed by atoms with Gasteiger partial charge >= 0.3 is 6.36 Å². The molecule has 0 atom stereocenters. The van der Waals surface area contributed by atoms with Crippen LogP contribution in [0.4, 0.5) is 23.4 Å². The number of anilines is 1. The number of aromatic nitrogens is 2. The molecule has 0 aliphatic rings. The highest BCUT2D eigenvalue weighted by molar-refractivity contribution is 6.03. The molecule has 194 valence electrons. The van der Waals surface area contributed by atoms with E-state index in [-0.39, 0.29) is 24.3 Å². The number of pyridine rings is 2. The minimum atomic E-state index is -5.05. The SMILES string of the molecule is Nc1ccc(CNC(=O)c2cc(C(=O)Cc3ccc(-c4ccccc4F)nc3)ccc2OC(F)(F)F)cn1. The van der Waals surface area contributed by atoms with E-state index in [1.165, 1.54) is 24.5 Å². The lowest BCUT2D eigenvalue weighted by molar-refractivity contribution is -0.274. The van der Waals surface area contributed by atoms with E-state index >= 15 is 0 Å². The van der Waals surface area contributed by atoms with Crippen LogP contribution in [0.5, 0.6) is 5.75 Å². The van der Waals surface area contributed by atoms with Crippen LogP contribution < -0.4 is 15.8 Å². The van der Waals surface area contributed by atoms with Crippen molar-refractivity contribution in [3.63, 3.8) is 0 Å². The quantitative estimate of drug-likeness (QED) is 0.245. The molecule has 1 amide bonds. The van der Waals surface area contributed by atoms with E-state index in [4.69, 9.17) is 5.73 Å². The Bertz CT molecular complexity index is 1460. The third-order valence-electron chi connectivity index (χ3n) is 5.41. The Balaban J connectivity index is 1.53. The number of ketones is 1. The van der Waals surface area contributed by atoms with Crippen molar-refractivity contribution in [1.29, 1.82) is 0 Å². The first-order valence-electron chi connectivity index (χ1n) is 11.2. The number of nitrogens with one attached hydrogen (secondary N) is 1. The number of carbonyl (C=O) groups is 2. The lowest BCUT2D eigenvalue weighted by Gasteiger charge is -2.14. The number of amides is 1. The van der Waals surface area contributed by atoms with E-state index < -0.39 is 35.2 Å². The Kier molecular flexibility index (Phi) is 7.66. The summed E-state index contributed by atoms with van der Waals surface area (Å²) in [6, 6.07) is 15.5. The Hall–Kier alpha value is -4.80. The average Bonchev–Trinajstić information content (AvgIpc) is 2.88. The Morgan fingerprint density at radius 3 is 2.32 bits per heavy atom. The average molecular weight is 524 g/mol. The third-order valence-corrected chi connectivity index (χ3v) is 5.41. The van der Waals surface area contributed by atoms with Crippen LogP contribution >= 0.6 is 0 Å². The summed E-state index contributed by atoms with van der Waals surface area (Å²) in [5.41, 5.74) is 6.78. The standard InChI is InChI=1S/C27H20F4N4O3/c28-21-4-2-1-3-19(21)22-8-5-16(13-33-22)11-23(36)18-7-9-24(38-27(29,30)31)20(12-18)26(37)35-15-17-6-10-25(32)34-14-17/h1-10,12-14H,11,15H2,(H2,32,34)(H,35,37). The predicted octanol–water partition coefficient (Wildman–Crippen LogP) is 5.12. The molecule has 0 saturated carbocycles. The van der Waals surface area contributed by atoms with Crippen molar-refractivity contribution in [1.82, 2.24) is 15.3 Å². The van der Waals surface area contributed by atoms with Crippen molar-refractivity contribution < 1.29 is 31.9 Å². The number of rotatable bonds is 8. The molecule has 11 heteroatoms. The van der Waals surface area contributed by atoms with E-state index in [2.05, 4.69) is 20.0 Å². The van der Waals surface area contributed by atoms with Gasteiger partial charge in [0.05, 0.1) is 11.3 Å². The molecule has 0 aliphatic carbocycles. The van der Waals surface area contributed by atoms with Crippen LogP contribution in [0, 0.1) is 5.82 Å².